The molecule has 114 valence electrons. The summed E-state index contributed by atoms with van der Waals surface area (Å²) in [7, 11) is 0. The van der Waals surface area contributed by atoms with Gasteiger partial charge < -0.3 is 5.73 Å². The molecule has 0 bridgehead atoms. The molecule has 0 saturated carbocycles. The van der Waals surface area contributed by atoms with Gasteiger partial charge in [0.05, 0.1) is 0 Å². The number of benzene rings is 4. The average Bonchev–Trinajstić information content (AvgIpc) is 2.52. The van der Waals surface area contributed by atoms with Crippen molar-refractivity contribution in [3.05, 3.63) is 66.2 Å². The molecule has 0 radical (unpaired) electrons. The summed E-state index contributed by atoms with van der Waals surface area (Å²) in [4.78, 5) is 0. The maximum atomic E-state index is 6.41. The number of anilines is 1. The third kappa shape index (κ3) is 2.16. The lowest BCUT2D eigenvalue weighted by atomic mass is 9.83. The third-order valence-electron chi connectivity index (χ3n) is 4.70. The molecule has 0 aliphatic rings. The highest BCUT2D eigenvalue weighted by Gasteiger charge is 2.18. The summed E-state index contributed by atoms with van der Waals surface area (Å²) in [6.07, 6.45) is 0. The summed E-state index contributed by atoms with van der Waals surface area (Å²) in [5.41, 5.74) is 8.55. The van der Waals surface area contributed by atoms with Crippen LogP contribution in [-0.4, -0.2) is 0 Å². The molecule has 0 aliphatic heterocycles. The Morgan fingerprint density at radius 1 is 0.696 bits per heavy atom. The minimum atomic E-state index is 0.0476. The highest BCUT2D eigenvalue weighted by molar-refractivity contribution is 6.20. The summed E-state index contributed by atoms with van der Waals surface area (Å²) >= 11 is 0. The van der Waals surface area contributed by atoms with Crippen LogP contribution in [0.5, 0.6) is 0 Å². The van der Waals surface area contributed by atoms with Crippen LogP contribution < -0.4 is 5.73 Å². The molecular formula is C22H21N. The fourth-order valence-electron chi connectivity index (χ4n) is 3.54. The van der Waals surface area contributed by atoms with E-state index in [-0.39, 0.29) is 5.41 Å². The molecule has 4 rings (SSSR count). The molecular weight excluding hydrogens is 278 g/mol. The van der Waals surface area contributed by atoms with E-state index in [1.165, 1.54) is 37.9 Å². The predicted molar refractivity (Wildman–Crippen MR) is 102 cm³/mol. The van der Waals surface area contributed by atoms with Crippen LogP contribution in [0.3, 0.4) is 0 Å². The van der Waals surface area contributed by atoms with Crippen LogP contribution in [0.15, 0.2) is 60.7 Å². The van der Waals surface area contributed by atoms with Crippen molar-refractivity contribution in [3.8, 4) is 0 Å². The van der Waals surface area contributed by atoms with E-state index in [2.05, 4.69) is 81.4 Å². The minimum absolute atomic E-state index is 0.0476. The van der Waals surface area contributed by atoms with E-state index < -0.39 is 0 Å². The molecule has 1 heteroatoms. The second-order valence-corrected chi connectivity index (χ2v) is 7.36. The Labute approximate surface area is 136 Å². The lowest BCUT2D eigenvalue weighted by Gasteiger charge is -2.22. The number of nitrogen functional groups attached to an aromatic ring is 1. The van der Waals surface area contributed by atoms with Crippen LogP contribution in [0.25, 0.3) is 32.3 Å². The molecule has 0 atom stereocenters. The number of nitrogens with two attached hydrogens (primary N) is 1. The zero-order chi connectivity index (χ0) is 16.2. The van der Waals surface area contributed by atoms with Crippen LogP contribution in [0, 0.1) is 0 Å². The van der Waals surface area contributed by atoms with E-state index in [0.717, 1.165) is 5.69 Å². The first kappa shape index (κ1) is 14.1. The summed E-state index contributed by atoms with van der Waals surface area (Å²) in [5.74, 6) is 0. The molecule has 0 aromatic heterocycles. The largest absolute Gasteiger partial charge is 0.398 e. The topological polar surface area (TPSA) is 26.0 Å². The monoisotopic (exact) mass is 299 g/mol. The highest BCUT2D eigenvalue weighted by atomic mass is 14.6. The number of hydrogen-bond donors (Lipinski definition) is 1. The first-order chi connectivity index (χ1) is 10.9. The van der Waals surface area contributed by atoms with Crippen molar-refractivity contribution in [1.82, 2.24) is 0 Å². The second-order valence-electron chi connectivity index (χ2n) is 7.36. The predicted octanol–water partition coefficient (Wildman–Crippen LogP) is 6.03. The molecule has 0 spiro atoms. The van der Waals surface area contributed by atoms with Gasteiger partial charge in [-0.3, -0.25) is 0 Å². The van der Waals surface area contributed by atoms with Crippen molar-refractivity contribution in [2.75, 3.05) is 5.73 Å². The number of fused-ring (bicyclic) bond motifs is 5. The zero-order valence-corrected chi connectivity index (χ0v) is 13.9. The Bertz CT molecular complexity index is 1050. The van der Waals surface area contributed by atoms with Crippen LogP contribution >= 0.6 is 0 Å². The standard InChI is InChI=1S/C22H21N/c1-22(2,3)19-12-16-11-10-15-9-8-14-6-4-5-7-17(14)21(15)18(16)13-20(19)23/h4-13H,23H2,1-3H3. The van der Waals surface area contributed by atoms with Gasteiger partial charge in [0.15, 0.2) is 0 Å². The van der Waals surface area contributed by atoms with E-state index in [1.807, 2.05) is 0 Å². The third-order valence-corrected chi connectivity index (χ3v) is 4.70. The second kappa shape index (κ2) is 4.73. The Morgan fingerprint density at radius 2 is 1.35 bits per heavy atom. The van der Waals surface area contributed by atoms with Gasteiger partial charge in [-0.2, -0.15) is 0 Å². The summed E-state index contributed by atoms with van der Waals surface area (Å²) in [5, 5.41) is 7.62. The molecule has 0 saturated heterocycles. The van der Waals surface area contributed by atoms with Gasteiger partial charge in [0.25, 0.3) is 0 Å². The minimum Gasteiger partial charge on any atom is -0.398 e. The van der Waals surface area contributed by atoms with Gasteiger partial charge in [0, 0.05) is 5.69 Å². The lowest BCUT2D eigenvalue weighted by Crippen LogP contribution is -2.13. The molecule has 1 nitrogen and oxygen atoms in total. The average molecular weight is 299 g/mol. The van der Waals surface area contributed by atoms with Crippen molar-refractivity contribution in [3.63, 3.8) is 0 Å². The van der Waals surface area contributed by atoms with E-state index in [9.17, 15) is 0 Å². The molecule has 4 aromatic rings. The molecule has 4 aromatic carbocycles. The Balaban J connectivity index is 2.20. The molecule has 23 heavy (non-hydrogen) atoms. The van der Waals surface area contributed by atoms with Crippen molar-refractivity contribution >= 4 is 38.0 Å². The van der Waals surface area contributed by atoms with Gasteiger partial charge in [-0.15, -0.1) is 0 Å². The molecule has 0 unspecified atom stereocenters. The van der Waals surface area contributed by atoms with Crippen molar-refractivity contribution in [2.45, 2.75) is 26.2 Å². The van der Waals surface area contributed by atoms with E-state index in [0.29, 0.717) is 0 Å². The van der Waals surface area contributed by atoms with Crippen LogP contribution in [-0.2, 0) is 5.41 Å². The number of hydrogen-bond acceptors (Lipinski definition) is 1. The van der Waals surface area contributed by atoms with Gasteiger partial charge in [0.2, 0.25) is 0 Å². The van der Waals surface area contributed by atoms with Gasteiger partial charge in [-0.25, -0.2) is 0 Å². The first-order valence-corrected chi connectivity index (χ1v) is 8.09. The van der Waals surface area contributed by atoms with Crippen molar-refractivity contribution in [2.24, 2.45) is 0 Å². The lowest BCUT2D eigenvalue weighted by molar-refractivity contribution is 0.593. The smallest absolute Gasteiger partial charge is 0.0358 e. The fraction of sp³-hybridized carbons (Fsp3) is 0.182. The van der Waals surface area contributed by atoms with Crippen LogP contribution in [0.1, 0.15) is 26.3 Å². The molecule has 0 fully saturated rings. The van der Waals surface area contributed by atoms with Gasteiger partial charge in [0.1, 0.15) is 0 Å². The van der Waals surface area contributed by atoms with Crippen LogP contribution in [0.4, 0.5) is 5.69 Å². The Hall–Kier alpha value is -2.54. The summed E-state index contributed by atoms with van der Waals surface area (Å²) in [6.45, 7) is 6.63. The Kier molecular flexibility index (Phi) is 2.89. The molecule has 0 heterocycles. The maximum absolute atomic E-state index is 6.41. The fourth-order valence-corrected chi connectivity index (χ4v) is 3.54. The van der Waals surface area contributed by atoms with Gasteiger partial charge >= 0.3 is 0 Å². The molecule has 0 amide bonds. The van der Waals surface area contributed by atoms with E-state index >= 15 is 0 Å². The first-order valence-electron chi connectivity index (χ1n) is 8.09. The quantitative estimate of drug-likeness (QED) is 0.311. The SMILES string of the molecule is CC(C)(C)c1cc2ccc3ccc4ccccc4c3c2cc1N. The zero-order valence-electron chi connectivity index (χ0n) is 13.9. The van der Waals surface area contributed by atoms with E-state index in [1.54, 1.807) is 0 Å². The normalized spacial score (nSPS) is 12.3. The molecule has 2 N–H and O–H groups in total. The highest BCUT2D eigenvalue weighted by Crippen LogP contribution is 2.37. The van der Waals surface area contributed by atoms with Crippen LogP contribution in [0.2, 0.25) is 0 Å². The van der Waals surface area contributed by atoms with Crippen molar-refractivity contribution in [1.29, 1.82) is 0 Å². The van der Waals surface area contributed by atoms with Gasteiger partial charge in [-0.1, -0.05) is 69.3 Å². The summed E-state index contributed by atoms with van der Waals surface area (Å²) in [6, 6.07) is 21.8. The van der Waals surface area contributed by atoms with Gasteiger partial charge in [-0.05, 0) is 55.4 Å². The Morgan fingerprint density at radius 3 is 2.09 bits per heavy atom. The number of rotatable bonds is 0. The van der Waals surface area contributed by atoms with E-state index in [4.69, 9.17) is 5.73 Å². The maximum Gasteiger partial charge on any atom is 0.0358 e. The molecule has 0 aliphatic carbocycles. The van der Waals surface area contributed by atoms with Crippen molar-refractivity contribution < 1.29 is 0 Å². The summed E-state index contributed by atoms with van der Waals surface area (Å²) < 4.78 is 0.